The summed E-state index contributed by atoms with van der Waals surface area (Å²) < 4.78 is 0. The van der Waals surface area contributed by atoms with Gasteiger partial charge in [-0.2, -0.15) is 0 Å². The first-order valence-corrected chi connectivity index (χ1v) is 7.51. The van der Waals surface area contributed by atoms with Crippen molar-refractivity contribution in [1.29, 1.82) is 0 Å². The molecule has 0 saturated carbocycles. The number of carbonyl (C=O) groups is 1. The molecule has 1 amide bonds. The molecule has 3 unspecified atom stereocenters. The van der Waals surface area contributed by atoms with Crippen LogP contribution in [0, 0.1) is 5.92 Å². The lowest BCUT2D eigenvalue weighted by Gasteiger charge is -2.25. The molecule has 3 atom stereocenters. The molecule has 1 aromatic carbocycles. The van der Waals surface area contributed by atoms with E-state index in [0.717, 1.165) is 25.1 Å². The monoisotopic (exact) mass is 291 g/mol. The van der Waals surface area contributed by atoms with Crippen LogP contribution in [0.3, 0.4) is 0 Å². The van der Waals surface area contributed by atoms with Gasteiger partial charge in [0, 0.05) is 12.6 Å². The molecule has 21 heavy (non-hydrogen) atoms. The summed E-state index contributed by atoms with van der Waals surface area (Å²) in [4.78, 5) is 13.9. The average Bonchev–Trinajstić information content (AvgIpc) is 2.86. The number of hydrazine groups is 1. The van der Waals surface area contributed by atoms with E-state index in [9.17, 15) is 9.90 Å². The molecule has 2 rings (SSSR count). The van der Waals surface area contributed by atoms with E-state index in [0.29, 0.717) is 5.92 Å². The summed E-state index contributed by atoms with van der Waals surface area (Å²) in [5.41, 5.74) is 4.33. The van der Waals surface area contributed by atoms with Crippen molar-refractivity contribution in [1.82, 2.24) is 10.3 Å². The standard InChI is InChI=1S/C16H25N3O2/c1-11-7-8-19(15(11)10-20)9-13-3-5-14(6-4-13)12(2)16(21)18-17/h3-6,11-12,15,20H,7-10,17H2,1-2H3,(H,18,21). The minimum Gasteiger partial charge on any atom is -0.395 e. The van der Waals surface area contributed by atoms with Crippen molar-refractivity contribution in [2.45, 2.75) is 38.8 Å². The quantitative estimate of drug-likeness (QED) is 0.429. The summed E-state index contributed by atoms with van der Waals surface area (Å²) in [6, 6.07) is 8.30. The molecular formula is C16H25N3O2. The number of amides is 1. The number of nitrogens with one attached hydrogen (secondary N) is 1. The Morgan fingerprint density at radius 3 is 2.71 bits per heavy atom. The number of hydrogen-bond donors (Lipinski definition) is 3. The van der Waals surface area contributed by atoms with Crippen LogP contribution in [0.15, 0.2) is 24.3 Å². The molecule has 1 saturated heterocycles. The van der Waals surface area contributed by atoms with Gasteiger partial charge < -0.3 is 5.11 Å². The molecule has 1 aliphatic rings. The SMILES string of the molecule is CC(C(=O)NN)c1ccc(CN2CCC(C)C2CO)cc1. The molecule has 5 heteroatoms. The van der Waals surface area contributed by atoms with E-state index in [1.165, 1.54) is 5.56 Å². The zero-order valence-corrected chi connectivity index (χ0v) is 12.7. The minimum atomic E-state index is -0.249. The lowest BCUT2D eigenvalue weighted by molar-refractivity contribution is -0.122. The Balaban J connectivity index is 2.01. The fourth-order valence-corrected chi connectivity index (χ4v) is 3.00. The predicted molar refractivity (Wildman–Crippen MR) is 82.3 cm³/mol. The van der Waals surface area contributed by atoms with Crippen LogP contribution in [0.25, 0.3) is 0 Å². The average molecular weight is 291 g/mol. The van der Waals surface area contributed by atoms with Crippen molar-refractivity contribution in [3.8, 4) is 0 Å². The molecule has 0 aliphatic carbocycles. The first kappa shape index (κ1) is 15.9. The predicted octanol–water partition coefficient (Wildman–Crippen LogP) is 0.983. The Kier molecular flexibility index (Phi) is 5.33. The van der Waals surface area contributed by atoms with Gasteiger partial charge in [-0.1, -0.05) is 31.2 Å². The molecular weight excluding hydrogens is 266 g/mol. The topological polar surface area (TPSA) is 78.6 Å². The molecule has 116 valence electrons. The van der Waals surface area contributed by atoms with Crippen molar-refractivity contribution in [2.24, 2.45) is 11.8 Å². The lowest BCUT2D eigenvalue weighted by atomic mass is 9.99. The van der Waals surface area contributed by atoms with Gasteiger partial charge in [-0.05, 0) is 36.9 Å². The molecule has 1 fully saturated rings. The van der Waals surface area contributed by atoms with Crippen LogP contribution in [0.4, 0.5) is 0 Å². The maximum atomic E-state index is 11.5. The fraction of sp³-hybridized carbons (Fsp3) is 0.562. The third-order valence-electron chi connectivity index (χ3n) is 4.59. The highest BCUT2D eigenvalue weighted by molar-refractivity contribution is 5.82. The van der Waals surface area contributed by atoms with Gasteiger partial charge in [0.1, 0.15) is 0 Å². The smallest absolute Gasteiger partial charge is 0.241 e. The van der Waals surface area contributed by atoms with E-state index in [-0.39, 0.29) is 24.5 Å². The highest BCUT2D eigenvalue weighted by atomic mass is 16.3. The maximum absolute atomic E-state index is 11.5. The molecule has 0 aromatic heterocycles. The van der Waals surface area contributed by atoms with Crippen LogP contribution in [0.2, 0.25) is 0 Å². The Morgan fingerprint density at radius 1 is 1.48 bits per heavy atom. The van der Waals surface area contributed by atoms with Crippen LogP contribution < -0.4 is 11.3 Å². The second-order valence-electron chi connectivity index (χ2n) is 5.96. The van der Waals surface area contributed by atoms with Gasteiger partial charge in [0.05, 0.1) is 12.5 Å². The van der Waals surface area contributed by atoms with Crippen molar-refractivity contribution >= 4 is 5.91 Å². The van der Waals surface area contributed by atoms with E-state index in [4.69, 9.17) is 5.84 Å². The largest absolute Gasteiger partial charge is 0.395 e. The molecule has 5 nitrogen and oxygen atoms in total. The van der Waals surface area contributed by atoms with Gasteiger partial charge in [0.15, 0.2) is 0 Å². The number of carbonyl (C=O) groups excluding carboxylic acids is 1. The first-order chi connectivity index (χ1) is 10.1. The summed E-state index contributed by atoms with van der Waals surface area (Å²) >= 11 is 0. The number of benzene rings is 1. The summed E-state index contributed by atoms with van der Waals surface area (Å²) in [6.07, 6.45) is 1.14. The lowest BCUT2D eigenvalue weighted by Crippen LogP contribution is -2.34. The molecule has 1 aromatic rings. The van der Waals surface area contributed by atoms with Crippen molar-refractivity contribution in [3.05, 3.63) is 35.4 Å². The number of rotatable bonds is 5. The number of aliphatic hydroxyl groups excluding tert-OH is 1. The Bertz CT molecular complexity index is 475. The summed E-state index contributed by atoms with van der Waals surface area (Å²) in [5, 5.41) is 9.49. The molecule has 0 bridgehead atoms. The van der Waals surface area contributed by atoms with E-state index in [1.807, 2.05) is 31.2 Å². The van der Waals surface area contributed by atoms with Crippen molar-refractivity contribution < 1.29 is 9.90 Å². The van der Waals surface area contributed by atoms with Crippen LogP contribution in [0.1, 0.15) is 37.3 Å². The van der Waals surface area contributed by atoms with Crippen molar-refractivity contribution in [3.63, 3.8) is 0 Å². The van der Waals surface area contributed by atoms with Gasteiger partial charge in [-0.15, -0.1) is 0 Å². The number of aliphatic hydroxyl groups is 1. The number of nitrogens with two attached hydrogens (primary N) is 1. The second kappa shape index (κ2) is 7.02. The zero-order valence-electron chi connectivity index (χ0n) is 12.7. The molecule has 0 spiro atoms. The van der Waals surface area contributed by atoms with Crippen LogP contribution in [-0.4, -0.2) is 35.1 Å². The number of nitrogens with zero attached hydrogens (tertiary/aromatic N) is 1. The van der Waals surface area contributed by atoms with E-state index in [2.05, 4.69) is 17.2 Å². The van der Waals surface area contributed by atoms with Crippen LogP contribution in [-0.2, 0) is 11.3 Å². The van der Waals surface area contributed by atoms with E-state index >= 15 is 0 Å². The maximum Gasteiger partial charge on any atom is 0.241 e. The van der Waals surface area contributed by atoms with Gasteiger partial charge in [0.2, 0.25) is 5.91 Å². The molecule has 0 radical (unpaired) electrons. The van der Waals surface area contributed by atoms with Crippen LogP contribution in [0.5, 0.6) is 0 Å². The van der Waals surface area contributed by atoms with Crippen molar-refractivity contribution in [2.75, 3.05) is 13.2 Å². The highest BCUT2D eigenvalue weighted by Gasteiger charge is 2.30. The second-order valence-corrected chi connectivity index (χ2v) is 5.96. The Hall–Kier alpha value is -1.43. The molecule has 4 N–H and O–H groups in total. The van der Waals surface area contributed by atoms with E-state index in [1.54, 1.807) is 0 Å². The Morgan fingerprint density at radius 2 is 2.14 bits per heavy atom. The zero-order chi connectivity index (χ0) is 15.4. The third kappa shape index (κ3) is 3.61. The Labute approximate surface area is 126 Å². The van der Waals surface area contributed by atoms with Gasteiger partial charge in [-0.25, -0.2) is 5.84 Å². The molecule has 1 aliphatic heterocycles. The van der Waals surface area contributed by atoms with Gasteiger partial charge in [0.25, 0.3) is 0 Å². The molecule has 1 heterocycles. The normalized spacial score (nSPS) is 24.0. The number of likely N-dealkylation sites (tertiary alicyclic amines) is 1. The third-order valence-corrected chi connectivity index (χ3v) is 4.59. The minimum absolute atomic E-state index is 0.184. The van der Waals surface area contributed by atoms with Crippen LogP contribution >= 0.6 is 0 Å². The fourth-order valence-electron chi connectivity index (χ4n) is 3.00. The summed E-state index contributed by atoms with van der Waals surface area (Å²) in [6.45, 7) is 6.11. The first-order valence-electron chi connectivity index (χ1n) is 7.51. The van der Waals surface area contributed by atoms with Gasteiger partial charge in [-0.3, -0.25) is 15.1 Å². The summed E-state index contributed by atoms with van der Waals surface area (Å²) in [7, 11) is 0. The summed E-state index contributed by atoms with van der Waals surface area (Å²) in [5.74, 6) is 5.27. The van der Waals surface area contributed by atoms with Gasteiger partial charge >= 0.3 is 0 Å². The highest BCUT2D eigenvalue weighted by Crippen LogP contribution is 2.25. The number of hydrogen-bond acceptors (Lipinski definition) is 4. The van der Waals surface area contributed by atoms with E-state index < -0.39 is 0 Å².